The van der Waals surface area contributed by atoms with Crippen molar-refractivity contribution in [3.05, 3.63) is 35.9 Å². The summed E-state index contributed by atoms with van der Waals surface area (Å²) in [6.45, 7) is 7.42. The summed E-state index contributed by atoms with van der Waals surface area (Å²) in [5, 5.41) is 0. The SMILES string of the molecule is C=[C-]c1ncnc(C)c1C.[Na+]. The van der Waals surface area contributed by atoms with Gasteiger partial charge in [-0.3, -0.25) is 9.97 Å². The maximum absolute atomic E-state index is 4.01. The fraction of sp³-hybridized carbons (Fsp3) is 0.250. The van der Waals surface area contributed by atoms with E-state index >= 15 is 0 Å². The van der Waals surface area contributed by atoms with Crippen LogP contribution in [0.5, 0.6) is 0 Å². The summed E-state index contributed by atoms with van der Waals surface area (Å²) in [6.07, 6.45) is 4.26. The van der Waals surface area contributed by atoms with E-state index in [1.54, 1.807) is 0 Å². The molecule has 2 nitrogen and oxygen atoms in total. The van der Waals surface area contributed by atoms with Gasteiger partial charge in [0.25, 0.3) is 0 Å². The third kappa shape index (κ3) is 2.40. The molecule has 3 heteroatoms. The minimum atomic E-state index is 0. The van der Waals surface area contributed by atoms with Gasteiger partial charge in [-0.15, -0.1) is 12.6 Å². The Bertz CT molecular complexity index is 258. The van der Waals surface area contributed by atoms with Gasteiger partial charge in [0.2, 0.25) is 0 Å². The van der Waals surface area contributed by atoms with Crippen LogP contribution in [-0.2, 0) is 0 Å². The molecule has 1 rings (SSSR count). The van der Waals surface area contributed by atoms with E-state index < -0.39 is 0 Å². The van der Waals surface area contributed by atoms with Gasteiger partial charge in [0, 0.05) is 0 Å². The molecule has 0 aliphatic carbocycles. The van der Waals surface area contributed by atoms with Crippen LogP contribution in [0.15, 0.2) is 12.9 Å². The van der Waals surface area contributed by atoms with Crippen LogP contribution < -0.4 is 29.6 Å². The summed E-state index contributed by atoms with van der Waals surface area (Å²) in [7, 11) is 0. The zero-order valence-corrected chi connectivity index (χ0v) is 9.18. The van der Waals surface area contributed by atoms with Gasteiger partial charge in [-0.25, -0.2) is 6.08 Å². The standard InChI is InChI=1S/C8H9N2.Na/c1-4-8-6(2)7(3)9-5-10-8;/h5H,1H2,2-3H3;/q-1;+1. The van der Waals surface area contributed by atoms with Crippen LogP contribution in [-0.4, -0.2) is 9.97 Å². The minimum absolute atomic E-state index is 0. The second kappa shape index (κ2) is 4.65. The van der Waals surface area contributed by atoms with Crippen molar-refractivity contribution >= 4 is 0 Å². The van der Waals surface area contributed by atoms with Gasteiger partial charge in [-0.05, 0) is 12.6 Å². The molecule has 0 aliphatic rings. The van der Waals surface area contributed by atoms with Gasteiger partial charge in [0.05, 0.1) is 0 Å². The first-order valence-electron chi connectivity index (χ1n) is 3.07. The molecule has 0 amide bonds. The number of hydrogen-bond donors (Lipinski definition) is 0. The fourth-order valence-corrected chi connectivity index (χ4v) is 0.716. The van der Waals surface area contributed by atoms with Gasteiger partial charge < -0.3 is 0 Å². The zero-order valence-electron chi connectivity index (χ0n) is 7.18. The Hall–Kier alpha value is -0.180. The third-order valence-electron chi connectivity index (χ3n) is 1.50. The molecule has 1 aromatic heterocycles. The Balaban J connectivity index is 0.000001000. The summed E-state index contributed by atoms with van der Waals surface area (Å²) < 4.78 is 0. The molecular formula is C8H9N2Na. The maximum atomic E-state index is 4.01. The van der Waals surface area contributed by atoms with Crippen LogP contribution in [0.1, 0.15) is 17.0 Å². The fourth-order valence-electron chi connectivity index (χ4n) is 0.716. The monoisotopic (exact) mass is 156 g/mol. The third-order valence-corrected chi connectivity index (χ3v) is 1.50. The van der Waals surface area contributed by atoms with Crippen molar-refractivity contribution in [3.63, 3.8) is 0 Å². The molecule has 52 valence electrons. The van der Waals surface area contributed by atoms with E-state index in [1.807, 2.05) is 13.8 Å². The summed E-state index contributed by atoms with van der Waals surface area (Å²) in [5.74, 6) is 0. The molecule has 0 aliphatic heterocycles. The van der Waals surface area contributed by atoms with Crippen LogP contribution in [0.3, 0.4) is 0 Å². The quantitative estimate of drug-likeness (QED) is 0.363. The van der Waals surface area contributed by atoms with Gasteiger partial charge in [-0.2, -0.15) is 12.1 Å². The van der Waals surface area contributed by atoms with Crippen molar-refractivity contribution in [2.75, 3.05) is 0 Å². The minimum Gasteiger partial charge on any atom is -0.276 e. The molecule has 0 saturated carbocycles. The topological polar surface area (TPSA) is 25.8 Å². The Labute approximate surface area is 89.1 Å². The average molecular weight is 156 g/mol. The van der Waals surface area contributed by atoms with Crippen molar-refractivity contribution in [1.29, 1.82) is 0 Å². The number of aryl methyl sites for hydroxylation is 1. The van der Waals surface area contributed by atoms with E-state index in [0.717, 1.165) is 17.0 Å². The Morgan fingerprint density at radius 1 is 1.36 bits per heavy atom. The number of aromatic nitrogens is 2. The zero-order chi connectivity index (χ0) is 7.56. The first kappa shape index (κ1) is 10.8. The molecule has 0 aromatic carbocycles. The van der Waals surface area contributed by atoms with Crippen LogP contribution in [0, 0.1) is 19.9 Å². The first-order chi connectivity index (χ1) is 4.75. The molecule has 11 heavy (non-hydrogen) atoms. The van der Waals surface area contributed by atoms with E-state index in [1.165, 1.54) is 6.33 Å². The Morgan fingerprint density at radius 3 is 2.45 bits per heavy atom. The molecule has 0 saturated heterocycles. The van der Waals surface area contributed by atoms with Crippen LogP contribution >= 0.6 is 0 Å². The van der Waals surface area contributed by atoms with E-state index in [4.69, 9.17) is 0 Å². The van der Waals surface area contributed by atoms with Crippen LogP contribution in [0.4, 0.5) is 0 Å². The molecule has 1 aromatic rings. The summed E-state index contributed by atoms with van der Waals surface area (Å²) in [5.41, 5.74) is 2.84. The predicted molar refractivity (Wildman–Crippen MR) is 39.5 cm³/mol. The Morgan fingerprint density at radius 2 is 2.00 bits per heavy atom. The number of hydrogen-bond acceptors (Lipinski definition) is 2. The molecule has 0 spiro atoms. The average Bonchev–Trinajstić information content (AvgIpc) is 1.95. The van der Waals surface area contributed by atoms with Gasteiger partial charge in [0.15, 0.2) is 0 Å². The molecule has 0 bridgehead atoms. The van der Waals surface area contributed by atoms with E-state index in [2.05, 4.69) is 22.6 Å². The molecule has 0 radical (unpaired) electrons. The molecule has 1 heterocycles. The second-order valence-electron chi connectivity index (χ2n) is 2.11. The Kier molecular flexibility index (Phi) is 4.57. The van der Waals surface area contributed by atoms with Crippen LogP contribution in [0.25, 0.3) is 0 Å². The summed E-state index contributed by atoms with van der Waals surface area (Å²) in [6, 6.07) is 0. The van der Waals surface area contributed by atoms with Crippen molar-refractivity contribution in [3.8, 4) is 0 Å². The normalized spacial score (nSPS) is 8.55. The first-order valence-corrected chi connectivity index (χ1v) is 3.07. The number of rotatable bonds is 1. The van der Waals surface area contributed by atoms with Crippen molar-refractivity contribution < 1.29 is 29.6 Å². The van der Waals surface area contributed by atoms with E-state index in [0.29, 0.717) is 0 Å². The van der Waals surface area contributed by atoms with Crippen molar-refractivity contribution in [2.24, 2.45) is 0 Å². The molecule has 0 unspecified atom stereocenters. The smallest absolute Gasteiger partial charge is 0.276 e. The maximum Gasteiger partial charge on any atom is 1.00 e. The van der Waals surface area contributed by atoms with Gasteiger partial charge in [0.1, 0.15) is 6.33 Å². The van der Waals surface area contributed by atoms with Crippen LogP contribution in [0.2, 0.25) is 0 Å². The van der Waals surface area contributed by atoms with Gasteiger partial charge >= 0.3 is 29.6 Å². The molecule has 0 atom stereocenters. The predicted octanol–water partition coefficient (Wildman–Crippen LogP) is -1.57. The summed E-state index contributed by atoms with van der Waals surface area (Å²) >= 11 is 0. The van der Waals surface area contributed by atoms with E-state index in [-0.39, 0.29) is 29.6 Å². The van der Waals surface area contributed by atoms with Gasteiger partial charge in [-0.1, -0.05) is 0 Å². The van der Waals surface area contributed by atoms with E-state index in [9.17, 15) is 0 Å². The van der Waals surface area contributed by atoms with Crippen molar-refractivity contribution in [1.82, 2.24) is 9.97 Å². The number of nitrogens with zero attached hydrogens (tertiary/aromatic N) is 2. The largest absolute Gasteiger partial charge is 1.00 e. The van der Waals surface area contributed by atoms with Crippen molar-refractivity contribution in [2.45, 2.75) is 13.8 Å². The molecule has 0 N–H and O–H groups in total. The second-order valence-corrected chi connectivity index (χ2v) is 2.11. The molecule has 0 fully saturated rings. The summed E-state index contributed by atoms with van der Waals surface area (Å²) in [4.78, 5) is 7.98. The molecular weight excluding hydrogens is 147 g/mol.